The minimum atomic E-state index is 0.649. The van der Waals surface area contributed by atoms with Gasteiger partial charge in [0.2, 0.25) is 0 Å². The normalized spacial score (nSPS) is 33.0. The van der Waals surface area contributed by atoms with Crippen LogP contribution in [0.25, 0.3) is 0 Å². The van der Waals surface area contributed by atoms with E-state index < -0.39 is 0 Å². The van der Waals surface area contributed by atoms with Crippen molar-refractivity contribution in [3.8, 4) is 0 Å². The van der Waals surface area contributed by atoms with Gasteiger partial charge in [0.15, 0.2) is 0 Å². The van der Waals surface area contributed by atoms with E-state index >= 15 is 0 Å². The van der Waals surface area contributed by atoms with Crippen molar-refractivity contribution < 1.29 is 0 Å². The van der Waals surface area contributed by atoms with Crippen LogP contribution in [0.1, 0.15) is 51.9 Å². The fourth-order valence-corrected chi connectivity index (χ4v) is 2.50. The highest BCUT2D eigenvalue weighted by Crippen LogP contribution is 2.31. The Morgan fingerprint density at radius 1 is 1.13 bits per heavy atom. The van der Waals surface area contributed by atoms with Crippen LogP contribution in [-0.4, -0.2) is 12.4 Å². The lowest BCUT2D eigenvalue weighted by molar-refractivity contribution is 0.280. The van der Waals surface area contributed by atoms with E-state index in [0.29, 0.717) is 5.92 Å². The quantitative estimate of drug-likeness (QED) is 0.560. The summed E-state index contributed by atoms with van der Waals surface area (Å²) < 4.78 is 0. The van der Waals surface area contributed by atoms with Gasteiger partial charge in [-0.15, -0.1) is 0 Å². The number of aliphatic imine (C=N–C) groups is 1. The molecule has 2 fully saturated rings. The molecule has 0 heterocycles. The molecule has 86 valence electrons. The molecule has 0 radical (unpaired) electrons. The first kappa shape index (κ1) is 11.0. The van der Waals surface area contributed by atoms with E-state index in [-0.39, 0.29) is 0 Å². The van der Waals surface area contributed by atoms with Gasteiger partial charge in [-0.3, -0.25) is 4.99 Å². The van der Waals surface area contributed by atoms with Gasteiger partial charge in [0, 0.05) is 12.5 Å². The maximum Gasteiger partial charge on any atom is 0.0968 e. The van der Waals surface area contributed by atoms with Crippen LogP contribution in [0.2, 0.25) is 0 Å². The van der Waals surface area contributed by atoms with Crippen LogP contribution in [0.3, 0.4) is 0 Å². The average molecular weight is 208 g/mol. The lowest BCUT2D eigenvalue weighted by Gasteiger charge is -2.25. The van der Waals surface area contributed by atoms with Crippen LogP contribution >= 0.6 is 0 Å². The lowest BCUT2D eigenvalue weighted by Crippen LogP contribution is -2.16. The second-order valence-corrected chi connectivity index (χ2v) is 5.50. The molecule has 2 saturated carbocycles. The molecule has 0 aliphatic heterocycles. The van der Waals surface area contributed by atoms with Crippen LogP contribution < -0.4 is 5.73 Å². The molecule has 0 aromatic carbocycles. The van der Waals surface area contributed by atoms with Crippen molar-refractivity contribution in [2.45, 2.75) is 51.9 Å². The van der Waals surface area contributed by atoms with Crippen LogP contribution in [-0.2, 0) is 0 Å². The highest BCUT2D eigenvalue weighted by molar-refractivity contribution is 5.84. The molecule has 2 aliphatic carbocycles. The summed E-state index contributed by atoms with van der Waals surface area (Å²) in [7, 11) is 0. The maximum absolute atomic E-state index is 5.87. The molecule has 15 heavy (non-hydrogen) atoms. The number of nitrogens with two attached hydrogens (primary N) is 1. The zero-order chi connectivity index (χ0) is 10.7. The minimum absolute atomic E-state index is 0.649. The van der Waals surface area contributed by atoms with Gasteiger partial charge >= 0.3 is 0 Å². The average Bonchev–Trinajstić information content (AvgIpc) is 3.04. The van der Waals surface area contributed by atoms with E-state index in [1.165, 1.54) is 44.9 Å². The third-order valence-corrected chi connectivity index (χ3v) is 3.96. The molecular formula is C13H24N2. The first-order chi connectivity index (χ1) is 7.25. The summed E-state index contributed by atoms with van der Waals surface area (Å²) in [6.07, 6.45) is 9.49. The number of hydrogen-bond donors (Lipinski definition) is 1. The van der Waals surface area contributed by atoms with Crippen molar-refractivity contribution in [2.24, 2.45) is 28.5 Å². The van der Waals surface area contributed by atoms with E-state index in [1.54, 1.807) is 0 Å². The standard InChI is InChI=1S/C13H24N2/c1-10-2-4-11(5-3-10)8-9-15-13(14)12-6-7-12/h10-12H,2-9H2,1H3,(H2,14,15). The largest absolute Gasteiger partial charge is 0.387 e. The van der Waals surface area contributed by atoms with Crippen LogP contribution in [0.5, 0.6) is 0 Å². The van der Waals surface area contributed by atoms with Crippen LogP contribution in [0.4, 0.5) is 0 Å². The zero-order valence-electron chi connectivity index (χ0n) is 9.91. The predicted molar refractivity (Wildman–Crippen MR) is 65.0 cm³/mol. The third-order valence-electron chi connectivity index (χ3n) is 3.96. The van der Waals surface area contributed by atoms with Crippen molar-refractivity contribution in [1.29, 1.82) is 0 Å². The van der Waals surface area contributed by atoms with Gasteiger partial charge in [-0.1, -0.05) is 32.6 Å². The molecule has 0 bridgehead atoms. The van der Waals surface area contributed by atoms with Gasteiger partial charge in [-0.25, -0.2) is 0 Å². The molecule has 2 rings (SSSR count). The number of rotatable bonds is 4. The Kier molecular flexibility index (Phi) is 3.66. The molecule has 0 amide bonds. The predicted octanol–water partition coefficient (Wildman–Crippen LogP) is 2.97. The summed E-state index contributed by atoms with van der Waals surface area (Å²) in [5.74, 6) is 3.47. The topological polar surface area (TPSA) is 38.4 Å². The number of amidine groups is 1. The smallest absolute Gasteiger partial charge is 0.0968 e. The molecule has 2 N–H and O–H groups in total. The lowest BCUT2D eigenvalue weighted by atomic mass is 9.81. The molecule has 0 aromatic heterocycles. The van der Waals surface area contributed by atoms with E-state index in [4.69, 9.17) is 5.73 Å². The third kappa shape index (κ3) is 3.51. The monoisotopic (exact) mass is 208 g/mol. The fourth-order valence-electron chi connectivity index (χ4n) is 2.50. The number of hydrogen-bond acceptors (Lipinski definition) is 1. The fraction of sp³-hybridized carbons (Fsp3) is 0.923. The Bertz CT molecular complexity index is 223. The number of nitrogens with zero attached hydrogens (tertiary/aromatic N) is 1. The first-order valence-electron chi connectivity index (χ1n) is 6.55. The molecule has 2 heteroatoms. The Balaban J connectivity index is 1.63. The summed E-state index contributed by atoms with van der Waals surface area (Å²) in [6.45, 7) is 3.35. The molecule has 0 aromatic rings. The van der Waals surface area contributed by atoms with Crippen molar-refractivity contribution in [2.75, 3.05) is 6.54 Å². The molecular weight excluding hydrogens is 184 g/mol. The maximum atomic E-state index is 5.87. The van der Waals surface area contributed by atoms with Crippen LogP contribution in [0, 0.1) is 17.8 Å². The highest BCUT2D eigenvalue weighted by atomic mass is 14.9. The van der Waals surface area contributed by atoms with E-state index in [1.807, 2.05) is 0 Å². The molecule has 2 nitrogen and oxygen atoms in total. The van der Waals surface area contributed by atoms with E-state index in [9.17, 15) is 0 Å². The van der Waals surface area contributed by atoms with Gasteiger partial charge in [0.05, 0.1) is 5.84 Å². The van der Waals surface area contributed by atoms with Gasteiger partial charge in [0.1, 0.15) is 0 Å². The van der Waals surface area contributed by atoms with Gasteiger partial charge in [-0.2, -0.15) is 0 Å². The first-order valence-corrected chi connectivity index (χ1v) is 6.55. The Morgan fingerprint density at radius 3 is 2.40 bits per heavy atom. The summed E-state index contributed by atoms with van der Waals surface area (Å²) in [5, 5.41) is 0. The van der Waals surface area contributed by atoms with E-state index in [0.717, 1.165) is 24.2 Å². The second kappa shape index (κ2) is 5.00. The Morgan fingerprint density at radius 2 is 1.80 bits per heavy atom. The highest BCUT2D eigenvalue weighted by Gasteiger charge is 2.25. The van der Waals surface area contributed by atoms with Crippen molar-refractivity contribution in [3.05, 3.63) is 0 Å². The summed E-state index contributed by atoms with van der Waals surface area (Å²) >= 11 is 0. The second-order valence-electron chi connectivity index (χ2n) is 5.50. The van der Waals surface area contributed by atoms with Crippen LogP contribution in [0.15, 0.2) is 4.99 Å². The summed E-state index contributed by atoms with van der Waals surface area (Å²) in [5.41, 5.74) is 5.87. The Labute approximate surface area is 93.3 Å². The SMILES string of the molecule is CC1CCC(CCN=C(N)C2CC2)CC1. The summed E-state index contributed by atoms with van der Waals surface area (Å²) in [6, 6.07) is 0. The van der Waals surface area contributed by atoms with Gasteiger partial charge in [0.25, 0.3) is 0 Å². The molecule has 0 spiro atoms. The van der Waals surface area contributed by atoms with Gasteiger partial charge < -0.3 is 5.73 Å². The molecule has 0 atom stereocenters. The Hall–Kier alpha value is -0.530. The summed E-state index contributed by atoms with van der Waals surface area (Å²) in [4.78, 5) is 4.49. The van der Waals surface area contributed by atoms with E-state index in [2.05, 4.69) is 11.9 Å². The van der Waals surface area contributed by atoms with Gasteiger partial charge in [-0.05, 0) is 31.1 Å². The molecule has 0 saturated heterocycles. The van der Waals surface area contributed by atoms with Crippen molar-refractivity contribution in [1.82, 2.24) is 0 Å². The van der Waals surface area contributed by atoms with Crippen molar-refractivity contribution in [3.63, 3.8) is 0 Å². The molecule has 2 aliphatic rings. The zero-order valence-corrected chi connectivity index (χ0v) is 9.91. The van der Waals surface area contributed by atoms with Crippen molar-refractivity contribution >= 4 is 5.84 Å². The minimum Gasteiger partial charge on any atom is -0.387 e. The molecule has 0 unspecified atom stereocenters.